The molecule has 0 amide bonds. The van der Waals surface area contributed by atoms with Gasteiger partial charge in [-0.3, -0.25) is 4.90 Å². The van der Waals surface area contributed by atoms with Crippen LogP contribution in [0.1, 0.15) is 5.89 Å². The van der Waals surface area contributed by atoms with E-state index in [0.717, 1.165) is 31.1 Å². The summed E-state index contributed by atoms with van der Waals surface area (Å²) in [7, 11) is 1.94. The SMILES string of the molecule is CNCC1CN(Cc2nnc(-c3cccs3)o2)CCO1. The van der Waals surface area contributed by atoms with E-state index in [4.69, 9.17) is 9.15 Å². The summed E-state index contributed by atoms with van der Waals surface area (Å²) in [6.07, 6.45) is 0.230. The van der Waals surface area contributed by atoms with E-state index in [1.807, 2.05) is 24.6 Å². The number of aromatic nitrogens is 2. The lowest BCUT2D eigenvalue weighted by Crippen LogP contribution is -2.45. The van der Waals surface area contributed by atoms with Crippen LogP contribution in [0.5, 0.6) is 0 Å². The van der Waals surface area contributed by atoms with E-state index in [1.54, 1.807) is 11.3 Å². The largest absolute Gasteiger partial charge is 0.419 e. The van der Waals surface area contributed by atoms with Crippen molar-refractivity contribution in [2.45, 2.75) is 12.6 Å². The second-order valence-electron chi connectivity index (χ2n) is 4.76. The maximum absolute atomic E-state index is 5.72. The molecule has 1 saturated heterocycles. The van der Waals surface area contributed by atoms with Gasteiger partial charge in [-0.2, -0.15) is 0 Å². The predicted octanol–water partition coefficient (Wildman–Crippen LogP) is 1.22. The molecule has 0 spiro atoms. The summed E-state index contributed by atoms with van der Waals surface area (Å²) in [5, 5.41) is 13.4. The Labute approximate surface area is 121 Å². The second kappa shape index (κ2) is 6.45. The Morgan fingerprint density at radius 1 is 1.50 bits per heavy atom. The van der Waals surface area contributed by atoms with E-state index in [2.05, 4.69) is 20.4 Å². The van der Waals surface area contributed by atoms with Crippen LogP contribution < -0.4 is 5.32 Å². The number of rotatable bonds is 5. The molecule has 1 aliphatic rings. The number of likely N-dealkylation sites (N-methyl/N-ethyl adjacent to an activating group) is 1. The molecule has 0 saturated carbocycles. The molecule has 0 aromatic carbocycles. The first-order valence-electron chi connectivity index (χ1n) is 6.70. The third-order valence-electron chi connectivity index (χ3n) is 3.21. The zero-order valence-electron chi connectivity index (χ0n) is 11.4. The second-order valence-corrected chi connectivity index (χ2v) is 5.71. The summed E-state index contributed by atoms with van der Waals surface area (Å²) in [5.41, 5.74) is 0. The summed E-state index contributed by atoms with van der Waals surface area (Å²) in [5.74, 6) is 1.27. The molecule has 0 radical (unpaired) electrons. The van der Waals surface area contributed by atoms with Crippen molar-refractivity contribution in [3.63, 3.8) is 0 Å². The Balaban J connectivity index is 1.60. The van der Waals surface area contributed by atoms with Crippen molar-refractivity contribution in [2.75, 3.05) is 33.3 Å². The van der Waals surface area contributed by atoms with Gasteiger partial charge in [0.05, 0.1) is 24.1 Å². The van der Waals surface area contributed by atoms with Crippen LogP contribution >= 0.6 is 11.3 Å². The minimum Gasteiger partial charge on any atom is -0.419 e. The van der Waals surface area contributed by atoms with E-state index in [0.29, 0.717) is 18.3 Å². The Bertz CT molecular complexity index is 526. The molecule has 1 unspecified atom stereocenters. The number of ether oxygens (including phenoxy) is 1. The van der Waals surface area contributed by atoms with Gasteiger partial charge in [0, 0.05) is 19.6 Å². The van der Waals surface area contributed by atoms with Gasteiger partial charge in [-0.1, -0.05) is 6.07 Å². The van der Waals surface area contributed by atoms with E-state index >= 15 is 0 Å². The van der Waals surface area contributed by atoms with Crippen LogP contribution in [-0.4, -0.2) is 54.5 Å². The topological polar surface area (TPSA) is 63.4 Å². The first kappa shape index (κ1) is 13.7. The van der Waals surface area contributed by atoms with Crippen molar-refractivity contribution in [3.8, 4) is 10.8 Å². The number of morpholine rings is 1. The van der Waals surface area contributed by atoms with Crippen molar-refractivity contribution in [1.82, 2.24) is 20.4 Å². The summed E-state index contributed by atoms with van der Waals surface area (Å²) in [6.45, 7) is 4.08. The summed E-state index contributed by atoms with van der Waals surface area (Å²) >= 11 is 1.60. The van der Waals surface area contributed by atoms with Crippen molar-refractivity contribution in [1.29, 1.82) is 0 Å². The van der Waals surface area contributed by atoms with E-state index < -0.39 is 0 Å². The first-order chi connectivity index (χ1) is 9.85. The van der Waals surface area contributed by atoms with Crippen LogP contribution in [0.3, 0.4) is 0 Å². The average Bonchev–Trinajstić information content (AvgIpc) is 3.10. The molecule has 2 aromatic heterocycles. The fraction of sp³-hybridized carbons (Fsp3) is 0.538. The lowest BCUT2D eigenvalue weighted by atomic mass is 10.2. The zero-order chi connectivity index (χ0) is 13.8. The van der Waals surface area contributed by atoms with Gasteiger partial charge in [0.15, 0.2) is 0 Å². The molecule has 0 bridgehead atoms. The van der Waals surface area contributed by atoms with Gasteiger partial charge < -0.3 is 14.5 Å². The van der Waals surface area contributed by atoms with Crippen LogP contribution in [-0.2, 0) is 11.3 Å². The Morgan fingerprint density at radius 3 is 3.25 bits per heavy atom. The third kappa shape index (κ3) is 3.24. The van der Waals surface area contributed by atoms with Gasteiger partial charge in [0.25, 0.3) is 5.89 Å². The molecular weight excluding hydrogens is 276 g/mol. The minimum absolute atomic E-state index is 0.230. The molecule has 3 rings (SSSR count). The van der Waals surface area contributed by atoms with Crippen LogP contribution in [0.25, 0.3) is 10.8 Å². The van der Waals surface area contributed by atoms with Gasteiger partial charge in [-0.05, 0) is 18.5 Å². The molecule has 1 fully saturated rings. The molecule has 108 valence electrons. The molecule has 20 heavy (non-hydrogen) atoms. The third-order valence-corrected chi connectivity index (χ3v) is 4.07. The highest BCUT2D eigenvalue weighted by molar-refractivity contribution is 7.13. The van der Waals surface area contributed by atoms with Crippen molar-refractivity contribution in [3.05, 3.63) is 23.4 Å². The number of nitrogens with zero attached hydrogens (tertiary/aromatic N) is 3. The van der Waals surface area contributed by atoms with Gasteiger partial charge in [-0.25, -0.2) is 0 Å². The first-order valence-corrected chi connectivity index (χ1v) is 7.58. The fourth-order valence-electron chi connectivity index (χ4n) is 2.28. The molecule has 6 nitrogen and oxygen atoms in total. The molecule has 1 aliphatic heterocycles. The average molecular weight is 294 g/mol. The summed E-state index contributed by atoms with van der Waals surface area (Å²) in [6, 6.07) is 3.97. The molecular formula is C13H18N4O2S. The predicted molar refractivity (Wildman–Crippen MR) is 76.6 cm³/mol. The number of nitrogens with one attached hydrogen (secondary N) is 1. The Kier molecular flexibility index (Phi) is 4.41. The Morgan fingerprint density at radius 2 is 2.45 bits per heavy atom. The van der Waals surface area contributed by atoms with Crippen LogP contribution in [0.4, 0.5) is 0 Å². The van der Waals surface area contributed by atoms with Crippen molar-refractivity contribution < 1.29 is 9.15 Å². The zero-order valence-corrected chi connectivity index (χ0v) is 12.2. The van der Waals surface area contributed by atoms with Gasteiger partial charge in [0.2, 0.25) is 5.89 Å². The minimum atomic E-state index is 0.230. The summed E-state index contributed by atoms with van der Waals surface area (Å²) < 4.78 is 11.4. The van der Waals surface area contributed by atoms with E-state index in [-0.39, 0.29) is 6.10 Å². The maximum Gasteiger partial charge on any atom is 0.257 e. The monoisotopic (exact) mass is 294 g/mol. The van der Waals surface area contributed by atoms with Gasteiger partial charge >= 0.3 is 0 Å². The molecule has 0 aliphatic carbocycles. The molecule has 2 aromatic rings. The lowest BCUT2D eigenvalue weighted by Gasteiger charge is -2.31. The molecule has 1 atom stereocenters. The van der Waals surface area contributed by atoms with E-state index in [1.165, 1.54) is 0 Å². The highest BCUT2D eigenvalue weighted by atomic mass is 32.1. The number of hydrogen-bond acceptors (Lipinski definition) is 7. The maximum atomic E-state index is 5.72. The molecule has 7 heteroatoms. The van der Waals surface area contributed by atoms with Crippen LogP contribution in [0, 0.1) is 0 Å². The standard InChI is InChI=1S/C13H18N4O2S/c1-14-7-10-8-17(4-5-18-10)9-12-15-16-13(19-12)11-3-2-6-20-11/h2-3,6,10,14H,4-5,7-9H2,1H3. The summed E-state index contributed by atoms with van der Waals surface area (Å²) in [4.78, 5) is 3.30. The lowest BCUT2D eigenvalue weighted by molar-refractivity contribution is -0.0313. The highest BCUT2D eigenvalue weighted by Crippen LogP contribution is 2.23. The smallest absolute Gasteiger partial charge is 0.257 e. The van der Waals surface area contributed by atoms with Crippen molar-refractivity contribution in [2.24, 2.45) is 0 Å². The quantitative estimate of drug-likeness (QED) is 0.894. The molecule has 1 N–H and O–H groups in total. The number of hydrogen-bond donors (Lipinski definition) is 1. The normalized spacial score (nSPS) is 20.4. The molecule has 3 heterocycles. The van der Waals surface area contributed by atoms with Crippen molar-refractivity contribution >= 4 is 11.3 Å². The van der Waals surface area contributed by atoms with Crippen LogP contribution in [0.2, 0.25) is 0 Å². The van der Waals surface area contributed by atoms with Crippen LogP contribution in [0.15, 0.2) is 21.9 Å². The highest BCUT2D eigenvalue weighted by Gasteiger charge is 2.21. The number of thiophene rings is 1. The van der Waals surface area contributed by atoms with Gasteiger partial charge in [0.1, 0.15) is 0 Å². The fourth-order valence-corrected chi connectivity index (χ4v) is 2.93. The van der Waals surface area contributed by atoms with Gasteiger partial charge in [-0.15, -0.1) is 21.5 Å². The van der Waals surface area contributed by atoms with E-state index in [9.17, 15) is 0 Å². The Hall–Kier alpha value is -1.28.